The summed E-state index contributed by atoms with van der Waals surface area (Å²) in [5, 5.41) is 21.2. The summed E-state index contributed by atoms with van der Waals surface area (Å²) in [5.74, 6) is 0. The van der Waals surface area contributed by atoms with Crippen molar-refractivity contribution >= 4 is 23.1 Å². The molecule has 0 spiro atoms. The Morgan fingerprint density at radius 3 is 2.58 bits per heavy atom. The second kappa shape index (κ2) is 5.79. The maximum atomic E-state index is 10.8. The lowest BCUT2D eigenvalue weighted by Crippen LogP contribution is -2.40. The minimum absolute atomic E-state index is 0.0151. The highest BCUT2D eigenvalue weighted by atomic mass is 32.2. The molecule has 0 bridgehead atoms. The minimum atomic E-state index is -0.452. The summed E-state index contributed by atoms with van der Waals surface area (Å²) in [7, 11) is 0. The zero-order valence-electron chi connectivity index (χ0n) is 11.1. The third-order valence-electron chi connectivity index (χ3n) is 3.21. The highest BCUT2D eigenvalue weighted by Crippen LogP contribution is 2.31. The zero-order chi connectivity index (χ0) is 14.0. The number of aliphatic hydroxyl groups is 1. The van der Waals surface area contributed by atoms with Crippen LogP contribution in [0.4, 0.5) is 11.4 Å². The Labute approximate surface area is 116 Å². The van der Waals surface area contributed by atoms with Gasteiger partial charge in [0.1, 0.15) is 0 Å². The van der Waals surface area contributed by atoms with E-state index in [4.69, 9.17) is 0 Å². The Balaban J connectivity index is 2.27. The van der Waals surface area contributed by atoms with Gasteiger partial charge in [-0.05, 0) is 12.1 Å². The Morgan fingerprint density at radius 2 is 2.05 bits per heavy atom. The predicted molar refractivity (Wildman–Crippen MR) is 77.7 cm³/mol. The van der Waals surface area contributed by atoms with Gasteiger partial charge in [-0.1, -0.05) is 13.8 Å². The van der Waals surface area contributed by atoms with Gasteiger partial charge in [0.05, 0.1) is 17.1 Å². The first-order valence-electron chi connectivity index (χ1n) is 6.30. The number of benzene rings is 1. The number of thioether (sulfide) groups is 1. The van der Waals surface area contributed by atoms with Gasteiger partial charge in [0.25, 0.3) is 5.69 Å². The molecule has 2 unspecified atom stereocenters. The number of rotatable bonds is 3. The van der Waals surface area contributed by atoms with E-state index in [-0.39, 0.29) is 12.3 Å². The van der Waals surface area contributed by atoms with Crippen LogP contribution in [0.15, 0.2) is 18.2 Å². The largest absolute Gasteiger partial charge is 0.391 e. The molecule has 1 aromatic carbocycles. The van der Waals surface area contributed by atoms with Crippen LogP contribution in [0, 0.1) is 10.1 Å². The molecule has 2 rings (SSSR count). The van der Waals surface area contributed by atoms with E-state index in [1.807, 2.05) is 11.8 Å². The first-order chi connectivity index (χ1) is 9.01. The first kappa shape index (κ1) is 14.1. The molecule has 2 atom stereocenters. The molecule has 1 aliphatic rings. The molecule has 1 aliphatic heterocycles. The van der Waals surface area contributed by atoms with Crippen LogP contribution >= 0.6 is 11.8 Å². The second-order valence-corrected chi connectivity index (χ2v) is 6.77. The average molecular weight is 282 g/mol. The van der Waals surface area contributed by atoms with E-state index in [0.29, 0.717) is 16.1 Å². The van der Waals surface area contributed by atoms with Gasteiger partial charge < -0.3 is 10.0 Å². The van der Waals surface area contributed by atoms with Crippen molar-refractivity contribution in [3.05, 3.63) is 33.9 Å². The molecule has 0 saturated carbocycles. The van der Waals surface area contributed by atoms with Gasteiger partial charge in [-0.3, -0.25) is 10.1 Å². The predicted octanol–water partition coefficient (Wildman–Crippen LogP) is 2.42. The molecular formula is C13H18N2O3S. The number of hydrogen-bond donors (Lipinski definition) is 1. The van der Waals surface area contributed by atoms with Crippen molar-refractivity contribution in [3.63, 3.8) is 0 Å². The third kappa shape index (κ3) is 3.19. The van der Waals surface area contributed by atoms with E-state index >= 15 is 0 Å². The van der Waals surface area contributed by atoms with Crippen LogP contribution in [-0.4, -0.2) is 33.6 Å². The Morgan fingerprint density at radius 1 is 1.42 bits per heavy atom. The van der Waals surface area contributed by atoms with Crippen molar-refractivity contribution in [3.8, 4) is 0 Å². The van der Waals surface area contributed by atoms with Crippen LogP contribution in [0.1, 0.15) is 19.4 Å². The van der Waals surface area contributed by atoms with Crippen LogP contribution in [0.3, 0.4) is 0 Å². The van der Waals surface area contributed by atoms with Gasteiger partial charge in [0, 0.05) is 35.3 Å². The van der Waals surface area contributed by atoms with E-state index in [9.17, 15) is 15.2 Å². The maximum Gasteiger partial charge on any atom is 0.275 e. The fraction of sp³-hybridized carbons (Fsp3) is 0.538. The van der Waals surface area contributed by atoms with Crippen molar-refractivity contribution in [1.82, 2.24) is 0 Å². The van der Waals surface area contributed by atoms with Crippen LogP contribution < -0.4 is 4.90 Å². The van der Waals surface area contributed by atoms with Crippen molar-refractivity contribution in [2.24, 2.45) is 0 Å². The van der Waals surface area contributed by atoms with E-state index in [1.54, 1.807) is 12.1 Å². The van der Waals surface area contributed by atoms with E-state index in [0.717, 1.165) is 18.8 Å². The molecule has 1 heterocycles. The molecular weight excluding hydrogens is 264 g/mol. The van der Waals surface area contributed by atoms with Crippen LogP contribution in [0.5, 0.6) is 0 Å². The van der Waals surface area contributed by atoms with Gasteiger partial charge in [0.15, 0.2) is 0 Å². The number of nitrogens with zero attached hydrogens (tertiary/aromatic N) is 2. The highest BCUT2D eigenvalue weighted by molar-refractivity contribution is 8.00. The number of nitro benzene ring substituents is 1. The summed E-state index contributed by atoms with van der Waals surface area (Å²) in [4.78, 5) is 12.6. The molecule has 1 N–H and O–H groups in total. The number of anilines is 1. The molecule has 0 aliphatic carbocycles. The Kier molecular flexibility index (Phi) is 4.31. The highest BCUT2D eigenvalue weighted by Gasteiger charge is 2.24. The summed E-state index contributed by atoms with van der Waals surface area (Å²) in [5.41, 5.74) is 1.31. The molecule has 0 amide bonds. The minimum Gasteiger partial charge on any atom is -0.391 e. The number of aliphatic hydroxyl groups excluding tert-OH is 1. The molecule has 1 fully saturated rings. The van der Waals surface area contributed by atoms with E-state index < -0.39 is 4.92 Å². The number of hydrogen-bond acceptors (Lipinski definition) is 5. The Hall–Kier alpha value is -1.27. The lowest BCUT2D eigenvalue weighted by atomic mass is 10.1. The third-order valence-corrected chi connectivity index (χ3v) is 4.44. The van der Waals surface area contributed by atoms with Gasteiger partial charge >= 0.3 is 0 Å². The van der Waals surface area contributed by atoms with Crippen LogP contribution in [0.25, 0.3) is 0 Å². The molecule has 0 aromatic heterocycles. The van der Waals surface area contributed by atoms with Gasteiger partial charge in [0.2, 0.25) is 0 Å². The number of nitro groups is 1. The Bertz CT molecular complexity index is 471. The summed E-state index contributed by atoms with van der Waals surface area (Å²) in [6.45, 7) is 5.92. The lowest BCUT2D eigenvalue weighted by Gasteiger charge is -2.36. The molecule has 19 heavy (non-hydrogen) atoms. The second-order valence-electron chi connectivity index (χ2n) is 4.89. The van der Waals surface area contributed by atoms with Crippen molar-refractivity contribution in [2.75, 3.05) is 18.0 Å². The van der Waals surface area contributed by atoms with Crippen molar-refractivity contribution in [2.45, 2.75) is 31.0 Å². The summed E-state index contributed by atoms with van der Waals surface area (Å²) in [6, 6.07) is 4.98. The quantitative estimate of drug-likeness (QED) is 0.681. The van der Waals surface area contributed by atoms with E-state index in [1.165, 1.54) is 6.07 Å². The molecule has 1 aromatic rings. The summed E-state index contributed by atoms with van der Waals surface area (Å²) < 4.78 is 0. The van der Waals surface area contributed by atoms with Crippen LogP contribution in [-0.2, 0) is 6.61 Å². The van der Waals surface area contributed by atoms with Gasteiger partial charge in [-0.15, -0.1) is 0 Å². The monoisotopic (exact) mass is 282 g/mol. The molecule has 104 valence electrons. The first-order valence-corrected chi connectivity index (χ1v) is 7.24. The molecule has 6 heteroatoms. The maximum absolute atomic E-state index is 10.8. The SMILES string of the molecule is CC1CN(c2ccc([N+](=O)[O-])c(CO)c2)CC(C)S1. The van der Waals surface area contributed by atoms with E-state index in [2.05, 4.69) is 18.7 Å². The fourth-order valence-corrected chi connectivity index (χ4v) is 3.79. The van der Waals surface area contributed by atoms with Gasteiger partial charge in [-0.2, -0.15) is 11.8 Å². The van der Waals surface area contributed by atoms with Gasteiger partial charge in [-0.25, -0.2) is 0 Å². The standard InChI is InChI=1S/C13H18N2O3S/c1-9-6-14(7-10(2)19-9)12-3-4-13(15(17)18)11(5-12)8-16/h3-5,9-10,16H,6-8H2,1-2H3. The van der Waals surface area contributed by atoms with Crippen molar-refractivity contribution in [1.29, 1.82) is 0 Å². The van der Waals surface area contributed by atoms with Crippen LogP contribution in [0.2, 0.25) is 0 Å². The summed E-state index contributed by atoms with van der Waals surface area (Å²) >= 11 is 1.96. The molecule has 1 saturated heterocycles. The topological polar surface area (TPSA) is 66.6 Å². The average Bonchev–Trinajstić information content (AvgIpc) is 2.36. The zero-order valence-corrected chi connectivity index (χ0v) is 11.9. The normalized spacial score (nSPS) is 23.4. The molecule has 5 nitrogen and oxygen atoms in total. The lowest BCUT2D eigenvalue weighted by molar-refractivity contribution is -0.385. The fourth-order valence-electron chi connectivity index (χ4n) is 2.46. The summed E-state index contributed by atoms with van der Waals surface area (Å²) in [6.07, 6.45) is 0. The smallest absolute Gasteiger partial charge is 0.275 e. The molecule has 0 radical (unpaired) electrons. The van der Waals surface area contributed by atoms with Crippen molar-refractivity contribution < 1.29 is 10.0 Å².